The third-order valence-corrected chi connectivity index (χ3v) is 8.02. The van der Waals surface area contributed by atoms with Crippen LogP contribution >= 0.6 is 0 Å². The summed E-state index contributed by atoms with van der Waals surface area (Å²) in [6, 6.07) is 10.7. The van der Waals surface area contributed by atoms with Crippen LogP contribution in [0.15, 0.2) is 48.9 Å². The number of benzene rings is 1. The van der Waals surface area contributed by atoms with Crippen molar-refractivity contribution in [2.45, 2.75) is 50.7 Å². The molecule has 1 aromatic carbocycles. The van der Waals surface area contributed by atoms with Crippen LogP contribution in [0, 0.1) is 0 Å². The molecule has 4 heterocycles. The van der Waals surface area contributed by atoms with Gasteiger partial charge >= 0.3 is 6.09 Å². The first-order chi connectivity index (χ1) is 17.1. The first-order valence-electron chi connectivity index (χ1n) is 12.1. The Morgan fingerprint density at radius 1 is 1.14 bits per heavy atom. The molecule has 0 bridgehead atoms. The number of piperidine rings is 1. The molecule has 0 aliphatic carbocycles. The molecule has 0 spiro atoms. The van der Waals surface area contributed by atoms with Gasteiger partial charge in [0.15, 0.2) is 5.65 Å². The van der Waals surface area contributed by atoms with Crippen LogP contribution < -0.4 is 4.90 Å². The number of ether oxygens (including phenoxy) is 2. The summed E-state index contributed by atoms with van der Waals surface area (Å²) < 4.78 is 39.3. The van der Waals surface area contributed by atoms with Gasteiger partial charge < -0.3 is 19.3 Å². The molecule has 5 rings (SSSR count). The maximum Gasteiger partial charge on any atom is 0.410 e. The van der Waals surface area contributed by atoms with E-state index >= 15 is 0 Å². The lowest BCUT2D eigenvalue weighted by molar-refractivity contribution is -0.0371. The second-order valence-electron chi connectivity index (χ2n) is 10.2. The highest BCUT2D eigenvalue weighted by Gasteiger charge is 2.41. The van der Waals surface area contributed by atoms with Crippen LogP contribution in [0.2, 0.25) is 0 Å². The maximum atomic E-state index is 13.2. The molecule has 2 aromatic heterocycles. The molecular weight excluding hydrogens is 482 g/mol. The normalized spacial score (nSPS) is 20.9. The second-order valence-corrected chi connectivity index (χ2v) is 12.0. The topological polar surface area (TPSA) is 107 Å². The molecule has 0 radical (unpaired) electrons. The summed E-state index contributed by atoms with van der Waals surface area (Å²) in [7, 11) is -3.69. The molecule has 3 aromatic rings. The number of carbonyl (C=O) groups excluding carboxylic acids is 1. The van der Waals surface area contributed by atoms with E-state index in [0.717, 1.165) is 0 Å². The fourth-order valence-electron chi connectivity index (χ4n) is 4.85. The number of aromatic nitrogens is 3. The van der Waals surface area contributed by atoms with Crippen molar-refractivity contribution in [1.29, 1.82) is 0 Å². The molecule has 1 amide bonds. The lowest BCUT2D eigenvalue weighted by Gasteiger charge is -2.47. The average Bonchev–Trinajstić information content (AvgIpc) is 3.28. The van der Waals surface area contributed by atoms with Gasteiger partial charge in [-0.05, 0) is 38.8 Å². The van der Waals surface area contributed by atoms with Crippen LogP contribution in [0.5, 0.6) is 0 Å². The predicted octanol–water partition coefficient (Wildman–Crippen LogP) is 3.02. The van der Waals surface area contributed by atoms with Crippen LogP contribution in [0.3, 0.4) is 0 Å². The first kappa shape index (κ1) is 24.5. The molecular formula is C25H31N5O5S. The molecule has 2 aliphatic heterocycles. The molecule has 192 valence electrons. The average molecular weight is 514 g/mol. The zero-order valence-corrected chi connectivity index (χ0v) is 21.5. The molecule has 2 saturated heterocycles. The molecule has 11 heteroatoms. The van der Waals surface area contributed by atoms with Crippen LogP contribution in [0.1, 0.15) is 32.8 Å². The Morgan fingerprint density at radius 3 is 2.67 bits per heavy atom. The van der Waals surface area contributed by atoms with Gasteiger partial charge in [0.2, 0.25) is 10.0 Å². The largest absolute Gasteiger partial charge is 0.444 e. The Labute approximate surface area is 210 Å². The van der Waals surface area contributed by atoms with Gasteiger partial charge in [0, 0.05) is 25.8 Å². The monoisotopic (exact) mass is 513 g/mol. The van der Waals surface area contributed by atoms with E-state index < -0.39 is 15.6 Å². The minimum absolute atomic E-state index is 0.0636. The Hall–Kier alpha value is -3.18. The molecule has 0 N–H and O–H groups in total. The molecule has 0 saturated carbocycles. The van der Waals surface area contributed by atoms with Gasteiger partial charge in [-0.25, -0.2) is 27.2 Å². The lowest BCUT2D eigenvalue weighted by atomic mass is 9.98. The SMILES string of the molecule is CC(C)(C)OC(=O)N1CC[C@@H]2OCCN(c3ncnc4c3ccn4S(=O)(=O)Cc3ccccc3)[C@@H]2C1. The number of rotatable bonds is 4. The lowest BCUT2D eigenvalue weighted by Crippen LogP contribution is -2.61. The number of carbonyl (C=O) groups is 1. The number of fused-ring (bicyclic) bond motifs is 2. The smallest absolute Gasteiger partial charge is 0.410 e. The van der Waals surface area contributed by atoms with E-state index in [2.05, 4.69) is 14.9 Å². The van der Waals surface area contributed by atoms with E-state index in [1.807, 2.05) is 39.0 Å². The molecule has 2 atom stereocenters. The van der Waals surface area contributed by atoms with Crippen LogP contribution in [-0.4, -0.2) is 77.3 Å². The van der Waals surface area contributed by atoms with Crippen LogP contribution in [0.25, 0.3) is 11.0 Å². The van der Waals surface area contributed by atoms with Gasteiger partial charge in [-0.3, -0.25) is 0 Å². The fourth-order valence-corrected chi connectivity index (χ4v) is 6.26. The number of hydrogen-bond acceptors (Lipinski definition) is 8. The van der Waals surface area contributed by atoms with Crippen molar-refractivity contribution >= 4 is 33.0 Å². The van der Waals surface area contributed by atoms with E-state index in [1.54, 1.807) is 23.1 Å². The van der Waals surface area contributed by atoms with Gasteiger partial charge in [0.25, 0.3) is 0 Å². The number of nitrogens with zero attached hydrogens (tertiary/aromatic N) is 5. The van der Waals surface area contributed by atoms with Gasteiger partial charge in [-0.2, -0.15) is 0 Å². The first-order valence-corrected chi connectivity index (χ1v) is 13.7. The van der Waals surface area contributed by atoms with Crippen molar-refractivity contribution in [3.63, 3.8) is 0 Å². The van der Waals surface area contributed by atoms with Crippen molar-refractivity contribution in [1.82, 2.24) is 18.8 Å². The van der Waals surface area contributed by atoms with Crippen LogP contribution in [-0.2, 0) is 25.2 Å². The van der Waals surface area contributed by atoms with Crippen LogP contribution in [0.4, 0.5) is 10.6 Å². The van der Waals surface area contributed by atoms with Crippen molar-refractivity contribution < 1.29 is 22.7 Å². The number of amides is 1. The summed E-state index contributed by atoms with van der Waals surface area (Å²) in [5.41, 5.74) is 0.455. The standard InChI is InChI=1S/C25H31N5O5S/c1-25(2,3)35-24(31)28-11-10-21-20(15-28)29(13-14-34-21)22-19-9-12-30(23(19)27-17-26-22)36(32,33)16-18-7-5-4-6-8-18/h4-9,12,17,20-21H,10-11,13-16H2,1-3H3/t20-,21+/m1/s1. The van der Waals surface area contributed by atoms with E-state index in [9.17, 15) is 13.2 Å². The Kier molecular flexibility index (Phi) is 6.37. The summed E-state index contributed by atoms with van der Waals surface area (Å²) in [5.74, 6) is 0.502. The summed E-state index contributed by atoms with van der Waals surface area (Å²) in [5, 5.41) is 0.643. The van der Waals surface area contributed by atoms with E-state index in [0.29, 0.717) is 55.1 Å². The Morgan fingerprint density at radius 2 is 1.92 bits per heavy atom. The fraction of sp³-hybridized carbons (Fsp3) is 0.480. The quantitative estimate of drug-likeness (QED) is 0.524. The van der Waals surface area contributed by atoms with Gasteiger partial charge in [-0.1, -0.05) is 30.3 Å². The molecule has 2 fully saturated rings. The van der Waals surface area contributed by atoms with Gasteiger partial charge in [0.1, 0.15) is 17.7 Å². The third-order valence-electron chi connectivity index (χ3n) is 6.43. The highest BCUT2D eigenvalue weighted by molar-refractivity contribution is 7.89. The van der Waals surface area contributed by atoms with Crippen molar-refractivity contribution in [3.8, 4) is 0 Å². The predicted molar refractivity (Wildman–Crippen MR) is 135 cm³/mol. The van der Waals surface area contributed by atoms with E-state index in [1.165, 1.54) is 16.5 Å². The van der Waals surface area contributed by atoms with Crippen molar-refractivity contribution in [2.24, 2.45) is 0 Å². The van der Waals surface area contributed by atoms with Crippen molar-refractivity contribution in [3.05, 3.63) is 54.5 Å². The zero-order chi connectivity index (χ0) is 25.5. The minimum atomic E-state index is -3.69. The van der Waals surface area contributed by atoms with E-state index in [-0.39, 0.29) is 24.0 Å². The number of likely N-dealkylation sites (tertiary alicyclic amines) is 1. The second kappa shape index (κ2) is 9.36. The molecule has 2 aliphatic rings. The zero-order valence-electron chi connectivity index (χ0n) is 20.7. The summed E-state index contributed by atoms with van der Waals surface area (Å²) >= 11 is 0. The Bertz CT molecular complexity index is 1350. The summed E-state index contributed by atoms with van der Waals surface area (Å²) in [4.78, 5) is 25.4. The minimum Gasteiger partial charge on any atom is -0.444 e. The van der Waals surface area contributed by atoms with Gasteiger partial charge in [0.05, 0.1) is 29.9 Å². The highest BCUT2D eigenvalue weighted by Crippen LogP contribution is 2.32. The number of hydrogen-bond donors (Lipinski definition) is 0. The van der Waals surface area contributed by atoms with Crippen molar-refractivity contribution in [2.75, 3.05) is 31.1 Å². The maximum absolute atomic E-state index is 13.2. The Balaban J connectivity index is 1.45. The third kappa shape index (κ3) is 4.90. The number of morpholine rings is 1. The molecule has 0 unspecified atom stereocenters. The summed E-state index contributed by atoms with van der Waals surface area (Å²) in [6.07, 6.45) is 3.20. The van der Waals surface area contributed by atoms with E-state index in [4.69, 9.17) is 9.47 Å². The molecule has 36 heavy (non-hydrogen) atoms. The molecule has 10 nitrogen and oxygen atoms in total. The highest BCUT2D eigenvalue weighted by atomic mass is 32.2. The van der Waals surface area contributed by atoms with Gasteiger partial charge in [-0.15, -0.1) is 0 Å². The number of anilines is 1. The summed E-state index contributed by atoms with van der Waals surface area (Å²) in [6.45, 7) is 7.62.